The Kier molecular flexibility index (Phi) is 8.75. The molecule has 10 heteroatoms. The van der Waals surface area contributed by atoms with Crippen molar-refractivity contribution in [1.82, 2.24) is 15.5 Å². The van der Waals surface area contributed by atoms with Gasteiger partial charge < -0.3 is 25.7 Å². The fraction of sp³-hybridized carbons (Fsp3) is 0.385. The fourth-order valence-corrected chi connectivity index (χ4v) is 4.96. The maximum absolute atomic E-state index is 13.4. The highest BCUT2D eigenvalue weighted by Crippen LogP contribution is 2.24. The van der Waals surface area contributed by atoms with E-state index in [4.69, 9.17) is 5.11 Å². The van der Waals surface area contributed by atoms with Crippen molar-refractivity contribution >= 4 is 35.5 Å². The number of carbonyl (C=O) groups is 4. The number of amides is 3. The van der Waals surface area contributed by atoms with Crippen molar-refractivity contribution < 1.29 is 29.4 Å². The molecule has 0 aliphatic carbocycles. The molecule has 0 aromatic heterocycles. The van der Waals surface area contributed by atoms with Gasteiger partial charge in [0.1, 0.15) is 6.04 Å². The summed E-state index contributed by atoms with van der Waals surface area (Å²) in [4.78, 5) is 51.5. The number of carboxylic acids is 1. The number of benzene rings is 2. The van der Waals surface area contributed by atoms with Crippen molar-refractivity contribution in [2.24, 2.45) is 0 Å². The van der Waals surface area contributed by atoms with E-state index in [1.54, 1.807) is 0 Å². The van der Waals surface area contributed by atoms with E-state index in [1.807, 2.05) is 51.1 Å². The first-order chi connectivity index (χ1) is 17.0. The van der Waals surface area contributed by atoms with E-state index in [0.717, 1.165) is 5.56 Å². The average molecular weight is 514 g/mol. The molecule has 3 rings (SSSR count). The number of nitrogens with zero attached hydrogens (tertiary/aromatic N) is 1. The van der Waals surface area contributed by atoms with Crippen LogP contribution in [0.4, 0.5) is 0 Å². The molecular weight excluding hydrogens is 482 g/mol. The molecule has 0 saturated carbocycles. The Morgan fingerprint density at radius 2 is 1.64 bits per heavy atom. The van der Waals surface area contributed by atoms with Crippen LogP contribution in [0.1, 0.15) is 47.1 Å². The van der Waals surface area contributed by atoms with Crippen molar-refractivity contribution in [3.05, 3.63) is 71.3 Å². The van der Waals surface area contributed by atoms with Gasteiger partial charge in [-0.05, 0) is 57.0 Å². The number of nitrogens with one attached hydrogen (secondary N) is 2. The highest BCUT2D eigenvalue weighted by atomic mass is 32.2. The molecule has 9 nitrogen and oxygen atoms in total. The molecule has 2 aromatic carbocycles. The van der Waals surface area contributed by atoms with Crippen molar-refractivity contribution in [2.45, 2.75) is 50.9 Å². The number of carboxylic acid groups (broad SMARTS) is 1. The van der Waals surface area contributed by atoms with Crippen molar-refractivity contribution in [1.29, 1.82) is 0 Å². The van der Waals surface area contributed by atoms with E-state index in [1.165, 1.54) is 40.9 Å². The number of thioether (sulfide) groups is 1. The van der Waals surface area contributed by atoms with Gasteiger partial charge in [0, 0.05) is 16.9 Å². The predicted octanol–water partition coefficient (Wildman–Crippen LogP) is 1.90. The second-order valence-electron chi connectivity index (χ2n) is 9.66. The number of aromatic carboxylic acids is 1. The standard InChI is InChI=1S/C26H31N3O6S/c1-26(2,3)28-23(32)20-14-36-15-29(20)24(33)21(30)19(13-16-7-5-4-6-8-16)27-22(31)17-9-11-18(12-10-17)25(34)35/h4-12,19-21,30H,13-15H2,1-3H3,(H,27,31)(H,28,32)(H,34,35)/t19-,20?,21-/m0/s1. The van der Waals surface area contributed by atoms with Crippen LogP contribution in [0.3, 0.4) is 0 Å². The normalized spacial score (nSPS) is 17.2. The smallest absolute Gasteiger partial charge is 0.335 e. The van der Waals surface area contributed by atoms with E-state index in [2.05, 4.69) is 10.6 Å². The van der Waals surface area contributed by atoms with Gasteiger partial charge in [-0.3, -0.25) is 14.4 Å². The monoisotopic (exact) mass is 513 g/mol. The zero-order valence-corrected chi connectivity index (χ0v) is 21.2. The third-order valence-corrected chi connectivity index (χ3v) is 6.62. The van der Waals surface area contributed by atoms with Gasteiger partial charge in [0.2, 0.25) is 5.91 Å². The molecule has 3 atom stereocenters. The highest BCUT2D eigenvalue weighted by molar-refractivity contribution is 7.99. The lowest BCUT2D eigenvalue weighted by molar-refractivity contribution is -0.146. The predicted molar refractivity (Wildman–Crippen MR) is 137 cm³/mol. The maximum atomic E-state index is 13.4. The van der Waals surface area contributed by atoms with E-state index in [0.29, 0.717) is 5.75 Å². The Morgan fingerprint density at radius 3 is 2.22 bits per heavy atom. The number of carbonyl (C=O) groups excluding carboxylic acids is 3. The van der Waals surface area contributed by atoms with Crippen LogP contribution in [0.25, 0.3) is 0 Å². The molecule has 1 aliphatic heterocycles. The Labute approximate surface area is 214 Å². The molecular formula is C26H31N3O6S. The van der Waals surface area contributed by atoms with Gasteiger partial charge in [0.15, 0.2) is 6.10 Å². The fourth-order valence-electron chi connectivity index (χ4n) is 3.80. The summed E-state index contributed by atoms with van der Waals surface area (Å²) in [5.74, 6) is -1.95. The minimum absolute atomic E-state index is 0.0358. The van der Waals surface area contributed by atoms with Crippen LogP contribution in [-0.4, -0.2) is 74.2 Å². The van der Waals surface area contributed by atoms with E-state index in [9.17, 15) is 24.3 Å². The molecule has 1 heterocycles. The van der Waals surface area contributed by atoms with Crippen LogP contribution in [0.15, 0.2) is 54.6 Å². The van der Waals surface area contributed by atoms with Crippen molar-refractivity contribution in [3.63, 3.8) is 0 Å². The number of aliphatic hydroxyl groups excluding tert-OH is 1. The SMILES string of the molecule is CC(C)(C)NC(=O)C1CSCN1C(=O)[C@@H](O)[C@H](Cc1ccccc1)NC(=O)c1ccc(C(=O)O)cc1. The van der Waals surface area contributed by atoms with Crippen LogP contribution in [0.5, 0.6) is 0 Å². The minimum Gasteiger partial charge on any atom is -0.478 e. The molecule has 1 fully saturated rings. The Morgan fingerprint density at radius 1 is 1.03 bits per heavy atom. The van der Waals surface area contributed by atoms with E-state index < -0.39 is 41.5 Å². The molecule has 36 heavy (non-hydrogen) atoms. The van der Waals surface area contributed by atoms with Gasteiger partial charge in [-0.25, -0.2) is 4.79 Å². The molecule has 4 N–H and O–H groups in total. The molecule has 1 aliphatic rings. The van der Waals surface area contributed by atoms with E-state index >= 15 is 0 Å². The highest BCUT2D eigenvalue weighted by Gasteiger charge is 2.40. The third-order valence-electron chi connectivity index (χ3n) is 5.61. The summed E-state index contributed by atoms with van der Waals surface area (Å²) in [5, 5.41) is 25.8. The Bertz CT molecular complexity index is 1100. The largest absolute Gasteiger partial charge is 0.478 e. The molecule has 2 aromatic rings. The van der Waals surface area contributed by atoms with Crippen LogP contribution in [0, 0.1) is 0 Å². The van der Waals surface area contributed by atoms with Crippen molar-refractivity contribution in [2.75, 3.05) is 11.6 Å². The van der Waals surface area contributed by atoms with Gasteiger partial charge in [-0.2, -0.15) is 0 Å². The van der Waals surface area contributed by atoms with Gasteiger partial charge in [0.05, 0.1) is 17.5 Å². The molecule has 0 bridgehead atoms. The minimum atomic E-state index is -1.60. The lowest BCUT2D eigenvalue weighted by atomic mass is 9.99. The van der Waals surface area contributed by atoms with E-state index in [-0.39, 0.29) is 29.3 Å². The third kappa shape index (κ3) is 7.08. The molecule has 0 spiro atoms. The van der Waals surface area contributed by atoms with Crippen LogP contribution >= 0.6 is 11.8 Å². The quantitative estimate of drug-likeness (QED) is 0.423. The first-order valence-electron chi connectivity index (χ1n) is 11.5. The van der Waals surface area contributed by atoms with Crippen LogP contribution in [-0.2, 0) is 16.0 Å². The number of rotatable bonds is 8. The number of hydrogen-bond acceptors (Lipinski definition) is 6. The first kappa shape index (κ1) is 27.2. The summed E-state index contributed by atoms with van der Waals surface area (Å²) >= 11 is 1.42. The van der Waals surface area contributed by atoms with Crippen LogP contribution in [0.2, 0.25) is 0 Å². The van der Waals surface area contributed by atoms with Gasteiger partial charge >= 0.3 is 5.97 Å². The second-order valence-corrected chi connectivity index (χ2v) is 10.7. The molecule has 1 unspecified atom stereocenters. The first-order valence-corrected chi connectivity index (χ1v) is 12.7. The summed E-state index contributed by atoms with van der Waals surface area (Å²) in [6, 6.07) is 12.8. The summed E-state index contributed by atoms with van der Waals surface area (Å²) in [7, 11) is 0. The lowest BCUT2D eigenvalue weighted by Gasteiger charge is -2.31. The van der Waals surface area contributed by atoms with Gasteiger partial charge in [0.25, 0.3) is 11.8 Å². The topological polar surface area (TPSA) is 136 Å². The van der Waals surface area contributed by atoms with Gasteiger partial charge in [-0.1, -0.05) is 30.3 Å². The summed E-state index contributed by atoms with van der Waals surface area (Å²) in [6.07, 6.45) is -1.43. The molecule has 3 amide bonds. The number of aliphatic hydroxyl groups is 1. The summed E-state index contributed by atoms with van der Waals surface area (Å²) in [5.41, 5.74) is 0.553. The Hall–Kier alpha value is -3.37. The molecule has 1 saturated heterocycles. The van der Waals surface area contributed by atoms with Gasteiger partial charge in [-0.15, -0.1) is 11.8 Å². The maximum Gasteiger partial charge on any atom is 0.335 e. The van der Waals surface area contributed by atoms with Crippen molar-refractivity contribution in [3.8, 4) is 0 Å². The number of hydrogen-bond donors (Lipinski definition) is 4. The lowest BCUT2D eigenvalue weighted by Crippen LogP contribution is -2.57. The second kappa shape index (κ2) is 11.6. The summed E-state index contributed by atoms with van der Waals surface area (Å²) < 4.78 is 0. The Balaban J connectivity index is 1.80. The zero-order chi connectivity index (χ0) is 26.5. The average Bonchev–Trinajstić information content (AvgIpc) is 3.32. The van der Waals surface area contributed by atoms with Crippen LogP contribution < -0.4 is 10.6 Å². The zero-order valence-electron chi connectivity index (χ0n) is 20.4. The summed E-state index contributed by atoms with van der Waals surface area (Å²) in [6.45, 7) is 5.55. The molecule has 192 valence electrons. The molecule has 0 radical (unpaired) electrons.